The Hall–Kier alpha value is -1.07. The van der Waals surface area contributed by atoms with Crippen LogP contribution in [0.2, 0.25) is 0 Å². The van der Waals surface area contributed by atoms with Crippen molar-refractivity contribution < 1.29 is 9.84 Å². The third-order valence-electron chi connectivity index (χ3n) is 2.81. The number of nitrogen functional groups attached to an aromatic ring is 1. The quantitative estimate of drug-likeness (QED) is 0.672. The van der Waals surface area contributed by atoms with Crippen molar-refractivity contribution in [2.75, 3.05) is 23.9 Å². The fraction of sp³-hybridized carbons (Fsp3) is 0.571. The van der Waals surface area contributed by atoms with E-state index in [9.17, 15) is 5.11 Å². The summed E-state index contributed by atoms with van der Waals surface area (Å²) in [4.78, 5) is 0. The van der Waals surface area contributed by atoms with Crippen LogP contribution in [0.3, 0.4) is 0 Å². The molecule has 2 unspecified atom stereocenters. The highest BCUT2D eigenvalue weighted by atomic mass is 32.2. The van der Waals surface area contributed by atoms with Crippen LogP contribution in [-0.2, 0) is 0 Å². The molecule has 0 amide bonds. The number of anilines is 2. The molecule has 0 aliphatic rings. The van der Waals surface area contributed by atoms with Gasteiger partial charge in [0.05, 0.1) is 18.4 Å². The minimum atomic E-state index is 0.0892. The lowest BCUT2D eigenvalue weighted by Gasteiger charge is -2.23. The molecule has 4 N–H and O–H groups in total. The number of thioether (sulfide) groups is 1. The highest BCUT2D eigenvalue weighted by Gasteiger charge is 2.15. The summed E-state index contributed by atoms with van der Waals surface area (Å²) in [6.45, 7) is 6.14. The Morgan fingerprint density at radius 1 is 1.37 bits per heavy atom. The predicted octanol–water partition coefficient (Wildman–Crippen LogP) is 2.58. The van der Waals surface area contributed by atoms with E-state index >= 15 is 0 Å². The molecular weight excluding hydrogens is 260 g/mol. The summed E-state index contributed by atoms with van der Waals surface area (Å²) in [6, 6.07) is 5.82. The summed E-state index contributed by atoms with van der Waals surface area (Å²) >= 11 is 1.65. The van der Waals surface area contributed by atoms with E-state index in [1.807, 2.05) is 38.3 Å². The highest BCUT2D eigenvalue weighted by molar-refractivity contribution is 7.99. The Morgan fingerprint density at radius 2 is 2.05 bits per heavy atom. The molecule has 5 heteroatoms. The van der Waals surface area contributed by atoms with Crippen molar-refractivity contribution in [1.29, 1.82) is 0 Å². The maximum atomic E-state index is 9.29. The lowest BCUT2D eigenvalue weighted by atomic mass is 10.2. The largest absolute Gasteiger partial charge is 0.489 e. The second-order valence-corrected chi connectivity index (χ2v) is 5.89. The summed E-state index contributed by atoms with van der Waals surface area (Å²) in [7, 11) is 0. The van der Waals surface area contributed by atoms with Crippen molar-refractivity contribution in [3.05, 3.63) is 18.2 Å². The molecule has 0 aliphatic carbocycles. The van der Waals surface area contributed by atoms with Gasteiger partial charge in [-0.1, -0.05) is 0 Å². The van der Waals surface area contributed by atoms with Crippen molar-refractivity contribution in [3.8, 4) is 5.75 Å². The van der Waals surface area contributed by atoms with E-state index in [1.54, 1.807) is 11.8 Å². The number of benzene rings is 1. The maximum Gasteiger partial charge on any atom is 0.144 e. The number of ether oxygens (including phenoxy) is 1. The molecule has 1 aromatic carbocycles. The van der Waals surface area contributed by atoms with E-state index in [-0.39, 0.29) is 24.0 Å². The molecule has 1 aromatic rings. The summed E-state index contributed by atoms with van der Waals surface area (Å²) in [5.41, 5.74) is 7.47. The molecule has 19 heavy (non-hydrogen) atoms. The predicted molar refractivity (Wildman–Crippen MR) is 84.1 cm³/mol. The van der Waals surface area contributed by atoms with Crippen LogP contribution in [0.4, 0.5) is 11.4 Å². The van der Waals surface area contributed by atoms with Gasteiger partial charge in [-0.2, -0.15) is 11.8 Å². The van der Waals surface area contributed by atoms with Gasteiger partial charge in [-0.05, 0) is 39.2 Å². The van der Waals surface area contributed by atoms with Gasteiger partial charge in [-0.15, -0.1) is 0 Å². The van der Waals surface area contributed by atoms with E-state index in [2.05, 4.69) is 12.2 Å². The minimum Gasteiger partial charge on any atom is -0.489 e. The topological polar surface area (TPSA) is 67.5 Å². The van der Waals surface area contributed by atoms with Crippen molar-refractivity contribution in [2.24, 2.45) is 0 Å². The number of aliphatic hydroxyl groups excluding tert-OH is 1. The summed E-state index contributed by atoms with van der Waals surface area (Å²) < 4.78 is 5.66. The fourth-order valence-corrected chi connectivity index (χ4v) is 2.40. The number of nitrogens with two attached hydrogens (primary N) is 1. The number of nitrogens with one attached hydrogen (secondary N) is 1. The average Bonchev–Trinajstić information content (AvgIpc) is 2.34. The molecule has 0 aliphatic heterocycles. The van der Waals surface area contributed by atoms with Gasteiger partial charge >= 0.3 is 0 Å². The molecular formula is C14H24N2O2S. The molecule has 0 radical (unpaired) electrons. The number of hydrogen-bond acceptors (Lipinski definition) is 5. The van der Waals surface area contributed by atoms with Crippen LogP contribution in [0.1, 0.15) is 20.8 Å². The van der Waals surface area contributed by atoms with Crippen LogP contribution in [0.5, 0.6) is 5.75 Å². The lowest BCUT2D eigenvalue weighted by Crippen LogP contribution is -2.30. The first kappa shape index (κ1) is 16.0. The minimum absolute atomic E-state index is 0.0892. The van der Waals surface area contributed by atoms with Crippen molar-refractivity contribution >= 4 is 23.1 Å². The van der Waals surface area contributed by atoms with Gasteiger partial charge < -0.3 is 20.9 Å². The molecule has 0 saturated heterocycles. The standard InChI is InChI=1S/C14H24N2O2S/c1-9(2)18-13-7-11(5-6-12(13)15)16-10(3)14(8-17)19-4/h5-7,9-10,14,16-17H,8,15H2,1-4H3. The van der Waals surface area contributed by atoms with Gasteiger partial charge in [-0.25, -0.2) is 0 Å². The van der Waals surface area contributed by atoms with Gasteiger partial charge in [0, 0.05) is 23.0 Å². The first-order valence-corrected chi connectivity index (χ1v) is 7.73. The lowest BCUT2D eigenvalue weighted by molar-refractivity contribution is 0.244. The Bertz CT molecular complexity index is 395. The van der Waals surface area contributed by atoms with Gasteiger partial charge in [0.25, 0.3) is 0 Å². The second-order valence-electron chi connectivity index (χ2n) is 4.81. The molecule has 0 bridgehead atoms. The van der Waals surface area contributed by atoms with Crippen LogP contribution >= 0.6 is 11.8 Å². The fourth-order valence-electron chi connectivity index (χ4n) is 1.77. The molecule has 0 spiro atoms. The first-order valence-electron chi connectivity index (χ1n) is 6.44. The van der Waals surface area contributed by atoms with Crippen LogP contribution in [0.15, 0.2) is 18.2 Å². The molecule has 4 nitrogen and oxygen atoms in total. The Labute approximate surface area is 119 Å². The summed E-state index contributed by atoms with van der Waals surface area (Å²) in [6.07, 6.45) is 2.08. The van der Waals surface area contributed by atoms with E-state index in [1.165, 1.54) is 0 Å². The number of hydrogen-bond donors (Lipinski definition) is 3. The molecule has 0 heterocycles. The van der Waals surface area contributed by atoms with Crippen LogP contribution in [0.25, 0.3) is 0 Å². The molecule has 0 fully saturated rings. The van der Waals surface area contributed by atoms with Crippen molar-refractivity contribution in [2.45, 2.75) is 38.2 Å². The van der Waals surface area contributed by atoms with Crippen molar-refractivity contribution in [3.63, 3.8) is 0 Å². The Kier molecular flexibility index (Phi) is 6.31. The van der Waals surface area contributed by atoms with Crippen LogP contribution < -0.4 is 15.8 Å². The second kappa shape index (κ2) is 7.50. The zero-order chi connectivity index (χ0) is 14.4. The number of aliphatic hydroxyl groups is 1. The normalized spacial score (nSPS) is 14.2. The van der Waals surface area contributed by atoms with Crippen LogP contribution in [0, 0.1) is 0 Å². The molecule has 0 saturated carbocycles. The zero-order valence-corrected chi connectivity index (χ0v) is 12.8. The summed E-state index contributed by atoms with van der Waals surface area (Å²) in [5.74, 6) is 0.692. The first-order chi connectivity index (χ1) is 8.97. The number of rotatable bonds is 7. The van der Waals surface area contributed by atoms with Gasteiger partial charge in [0.1, 0.15) is 5.75 Å². The molecule has 0 aromatic heterocycles. The highest BCUT2D eigenvalue weighted by Crippen LogP contribution is 2.27. The van der Waals surface area contributed by atoms with Gasteiger partial charge in [0.15, 0.2) is 0 Å². The van der Waals surface area contributed by atoms with E-state index in [0.717, 1.165) is 5.69 Å². The third kappa shape index (κ3) is 4.84. The maximum absolute atomic E-state index is 9.29. The van der Waals surface area contributed by atoms with Crippen molar-refractivity contribution in [1.82, 2.24) is 0 Å². The third-order valence-corrected chi connectivity index (χ3v) is 3.97. The average molecular weight is 284 g/mol. The molecule has 1 rings (SSSR count). The van der Waals surface area contributed by atoms with Gasteiger partial charge in [0.2, 0.25) is 0 Å². The summed E-state index contributed by atoms with van der Waals surface area (Å²) in [5, 5.41) is 12.8. The monoisotopic (exact) mass is 284 g/mol. The SMILES string of the molecule is CSC(CO)C(C)Nc1ccc(N)c(OC(C)C)c1. The Morgan fingerprint density at radius 3 is 2.58 bits per heavy atom. The molecule has 2 atom stereocenters. The van der Waals surface area contributed by atoms with Crippen LogP contribution in [-0.4, -0.2) is 35.4 Å². The van der Waals surface area contributed by atoms with E-state index < -0.39 is 0 Å². The Balaban J connectivity index is 2.78. The smallest absolute Gasteiger partial charge is 0.144 e. The van der Waals surface area contributed by atoms with E-state index in [4.69, 9.17) is 10.5 Å². The van der Waals surface area contributed by atoms with Gasteiger partial charge in [-0.3, -0.25) is 0 Å². The van der Waals surface area contributed by atoms with E-state index in [0.29, 0.717) is 11.4 Å². The molecule has 108 valence electrons. The zero-order valence-electron chi connectivity index (χ0n) is 12.0.